The van der Waals surface area contributed by atoms with Crippen LogP contribution in [0.25, 0.3) is 0 Å². The van der Waals surface area contributed by atoms with Crippen LogP contribution in [0.1, 0.15) is 23.3 Å². The van der Waals surface area contributed by atoms with Crippen molar-refractivity contribution in [1.82, 2.24) is 9.91 Å². The van der Waals surface area contributed by atoms with Gasteiger partial charge in [-0.05, 0) is 23.4 Å². The Morgan fingerprint density at radius 1 is 1.38 bits per heavy atom. The molecule has 6 nitrogen and oxygen atoms in total. The van der Waals surface area contributed by atoms with Crippen LogP contribution in [0.5, 0.6) is 0 Å². The quantitative estimate of drug-likeness (QED) is 0.889. The van der Waals surface area contributed by atoms with Crippen LogP contribution in [-0.4, -0.2) is 52.2 Å². The SMILES string of the molecule is O=C(C1=NN(CCO)C(=O)CC1)N1CCc2ccsc2C1. The fraction of sp³-hybridized carbons (Fsp3) is 0.500. The lowest BCUT2D eigenvalue weighted by atomic mass is 10.1. The van der Waals surface area contributed by atoms with E-state index in [0.717, 1.165) is 6.42 Å². The number of fused-ring (bicyclic) bond motifs is 1. The van der Waals surface area contributed by atoms with E-state index in [0.29, 0.717) is 25.2 Å². The number of nitrogens with zero attached hydrogens (tertiary/aromatic N) is 3. The predicted molar refractivity (Wildman–Crippen MR) is 78.9 cm³/mol. The van der Waals surface area contributed by atoms with Crippen LogP contribution < -0.4 is 0 Å². The minimum atomic E-state index is -0.154. The van der Waals surface area contributed by atoms with Crippen LogP contribution in [0.15, 0.2) is 16.5 Å². The Labute approximate surface area is 126 Å². The summed E-state index contributed by atoms with van der Waals surface area (Å²) >= 11 is 1.67. The first-order valence-electron chi connectivity index (χ1n) is 7.02. The minimum Gasteiger partial charge on any atom is -0.394 e. The van der Waals surface area contributed by atoms with Crippen molar-refractivity contribution in [3.63, 3.8) is 0 Å². The highest BCUT2D eigenvalue weighted by molar-refractivity contribution is 7.10. The van der Waals surface area contributed by atoms with Crippen molar-refractivity contribution in [2.24, 2.45) is 5.10 Å². The molecule has 2 aliphatic rings. The molecule has 2 aliphatic heterocycles. The summed E-state index contributed by atoms with van der Waals surface area (Å²) in [5.74, 6) is -0.232. The Bertz CT molecular complexity index is 596. The van der Waals surface area contributed by atoms with Crippen molar-refractivity contribution in [2.45, 2.75) is 25.8 Å². The monoisotopic (exact) mass is 307 g/mol. The predicted octanol–water partition coefficient (Wildman–Crippen LogP) is 0.603. The molecule has 112 valence electrons. The number of hydrogen-bond acceptors (Lipinski definition) is 5. The Balaban J connectivity index is 1.73. The molecule has 0 spiro atoms. The summed E-state index contributed by atoms with van der Waals surface area (Å²) in [5.41, 5.74) is 1.75. The van der Waals surface area contributed by atoms with Gasteiger partial charge in [-0.1, -0.05) is 0 Å². The summed E-state index contributed by atoms with van der Waals surface area (Å²) < 4.78 is 0. The number of thiophene rings is 1. The van der Waals surface area contributed by atoms with Crippen molar-refractivity contribution < 1.29 is 14.7 Å². The average molecular weight is 307 g/mol. The number of amides is 2. The zero-order valence-electron chi connectivity index (χ0n) is 11.6. The molecule has 0 aromatic carbocycles. The molecule has 0 saturated carbocycles. The van der Waals surface area contributed by atoms with Gasteiger partial charge >= 0.3 is 0 Å². The highest BCUT2D eigenvalue weighted by atomic mass is 32.1. The zero-order valence-corrected chi connectivity index (χ0v) is 12.4. The van der Waals surface area contributed by atoms with Crippen molar-refractivity contribution in [2.75, 3.05) is 19.7 Å². The molecule has 21 heavy (non-hydrogen) atoms. The van der Waals surface area contributed by atoms with Crippen LogP contribution in [-0.2, 0) is 22.6 Å². The molecule has 1 N–H and O–H groups in total. The molecule has 0 aliphatic carbocycles. The molecule has 0 unspecified atom stereocenters. The number of hydrazone groups is 1. The maximum absolute atomic E-state index is 12.5. The summed E-state index contributed by atoms with van der Waals surface area (Å²) in [4.78, 5) is 27.2. The van der Waals surface area contributed by atoms with Crippen LogP contribution in [0, 0.1) is 0 Å². The molecule has 0 fully saturated rings. The van der Waals surface area contributed by atoms with E-state index in [1.165, 1.54) is 15.4 Å². The molecule has 3 heterocycles. The molecular formula is C14H17N3O3S. The smallest absolute Gasteiger partial charge is 0.270 e. The van der Waals surface area contributed by atoms with Gasteiger partial charge in [-0.2, -0.15) is 5.10 Å². The van der Waals surface area contributed by atoms with Gasteiger partial charge in [0.25, 0.3) is 5.91 Å². The van der Waals surface area contributed by atoms with Crippen molar-refractivity contribution in [1.29, 1.82) is 0 Å². The van der Waals surface area contributed by atoms with E-state index in [1.807, 2.05) is 0 Å². The normalized spacial score (nSPS) is 18.5. The molecular weight excluding hydrogens is 290 g/mol. The van der Waals surface area contributed by atoms with Gasteiger partial charge in [0, 0.05) is 24.3 Å². The van der Waals surface area contributed by atoms with Gasteiger partial charge in [0.15, 0.2) is 0 Å². The maximum atomic E-state index is 12.5. The van der Waals surface area contributed by atoms with Crippen LogP contribution in [0.2, 0.25) is 0 Å². The number of rotatable bonds is 3. The lowest BCUT2D eigenvalue weighted by Gasteiger charge is -2.29. The van der Waals surface area contributed by atoms with Crippen molar-refractivity contribution >= 4 is 28.9 Å². The summed E-state index contributed by atoms with van der Waals surface area (Å²) in [6.07, 6.45) is 1.53. The van der Waals surface area contributed by atoms with Gasteiger partial charge in [-0.15, -0.1) is 11.3 Å². The Morgan fingerprint density at radius 2 is 2.24 bits per heavy atom. The minimum absolute atomic E-state index is 0.0931. The zero-order chi connectivity index (χ0) is 14.8. The molecule has 1 aromatic heterocycles. The third kappa shape index (κ3) is 2.84. The van der Waals surface area contributed by atoms with Crippen molar-refractivity contribution in [3.05, 3.63) is 21.9 Å². The van der Waals surface area contributed by atoms with E-state index in [4.69, 9.17) is 5.11 Å². The Hall–Kier alpha value is -1.73. The lowest BCUT2D eigenvalue weighted by Crippen LogP contribution is -2.43. The number of aliphatic hydroxyl groups excluding tert-OH is 1. The standard InChI is InChI=1S/C14H17N3O3S/c18-7-6-17-13(19)2-1-11(15-17)14(20)16-5-3-10-4-8-21-12(10)9-16/h4,8,18H,1-3,5-7,9H2. The van der Waals surface area contributed by atoms with E-state index in [1.54, 1.807) is 16.2 Å². The van der Waals surface area contributed by atoms with Gasteiger partial charge in [0.1, 0.15) is 5.71 Å². The highest BCUT2D eigenvalue weighted by Crippen LogP contribution is 2.24. The number of aliphatic hydroxyl groups is 1. The van der Waals surface area contributed by atoms with Crippen LogP contribution in [0.4, 0.5) is 0 Å². The second kappa shape index (κ2) is 5.95. The van der Waals surface area contributed by atoms with Crippen LogP contribution in [0.3, 0.4) is 0 Å². The first kappa shape index (κ1) is 14.2. The number of carbonyl (C=O) groups excluding carboxylic acids is 2. The molecule has 3 rings (SSSR count). The topological polar surface area (TPSA) is 73.2 Å². The molecule has 0 atom stereocenters. The second-order valence-electron chi connectivity index (χ2n) is 5.13. The summed E-state index contributed by atoms with van der Waals surface area (Å²) in [7, 11) is 0. The van der Waals surface area contributed by atoms with E-state index < -0.39 is 0 Å². The first-order valence-corrected chi connectivity index (χ1v) is 7.90. The lowest BCUT2D eigenvalue weighted by molar-refractivity contribution is -0.132. The fourth-order valence-electron chi connectivity index (χ4n) is 2.62. The Kier molecular flexibility index (Phi) is 4.03. The maximum Gasteiger partial charge on any atom is 0.270 e. The van der Waals surface area contributed by atoms with E-state index >= 15 is 0 Å². The third-order valence-electron chi connectivity index (χ3n) is 3.77. The van der Waals surface area contributed by atoms with Crippen LogP contribution >= 0.6 is 11.3 Å². The van der Waals surface area contributed by atoms with E-state index in [9.17, 15) is 9.59 Å². The summed E-state index contributed by atoms with van der Waals surface area (Å²) in [5, 5.41) is 16.3. The molecule has 1 aromatic rings. The van der Waals surface area contributed by atoms with Crippen molar-refractivity contribution in [3.8, 4) is 0 Å². The fourth-order valence-corrected chi connectivity index (χ4v) is 3.57. The highest BCUT2D eigenvalue weighted by Gasteiger charge is 2.29. The summed E-state index contributed by atoms with van der Waals surface area (Å²) in [6.45, 7) is 1.30. The molecule has 2 amide bonds. The number of hydrogen-bond donors (Lipinski definition) is 1. The molecule has 0 radical (unpaired) electrons. The Morgan fingerprint density at radius 3 is 3.05 bits per heavy atom. The van der Waals surface area contributed by atoms with Gasteiger partial charge < -0.3 is 10.0 Å². The number of carbonyl (C=O) groups is 2. The van der Waals surface area contributed by atoms with E-state index in [-0.39, 0.29) is 31.4 Å². The third-order valence-corrected chi connectivity index (χ3v) is 4.72. The summed E-state index contributed by atoms with van der Waals surface area (Å²) in [6, 6.07) is 2.11. The number of β-amino-alcohol motifs (C(OH)–C–C–N with tert-alkyl or cyclic N) is 1. The molecule has 0 saturated heterocycles. The average Bonchev–Trinajstić information content (AvgIpc) is 2.96. The second-order valence-corrected chi connectivity index (χ2v) is 6.13. The van der Waals surface area contributed by atoms with Gasteiger partial charge in [-0.25, -0.2) is 5.01 Å². The van der Waals surface area contributed by atoms with Gasteiger partial charge in [0.2, 0.25) is 5.91 Å². The molecule has 7 heteroatoms. The molecule has 0 bridgehead atoms. The first-order chi connectivity index (χ1) is 10.2. The van der Waals surface area contributed by atoms with Gasteiger partial charge in [0.05, 0.1) is 19.7 Å². The van der Waals surface area contributed by atoms with E-state index in [2.05, 4.69) is 16.5 Å². The van der Waals surface area contributed by atoms with Gasteiger partial charge in [-0.3, -0.25) is 9.59 Å². The largest absolute Gasteiger partial charge is 0.394 e.